The summed E-state index contributed by atoms with van der Waals surface area (Å²) in [6.45, 7) is 1.89. The number of amides is 1. The van der Waals surface area contributed by atoms with Crippen molar-refractivity contribution in [2.75, 3.05) is 11.9 Å². The Hall–Kier alpha value is -2.60. The molecular weight excluding hydrogens is 248 g/mol. The molecule has 3 heteroatoms. The minimum absolute atomic E-state index is 0.00582. The summed E-state index contributed by atoms with van der Waals surface area (Å²) in [6.07, 6.45) is 0. The van der Waals surface area contributed by atoms with Gasteiger partial charge in [-0.2, -0.15) is 5.26 Å². The minimum Gasteiger partial charge on any atom is -0.315 e. The van der Waals surface area contributed by atoms with Crippen LogP contribution in [0.1, 0.15) is 24.0 Å². The largest absolute Gasteiger partial charge is 0.315 e. The normalized spacial score (nSPS) is 11.4. The van der Waals surface area contributed by atoms with Gasteiger partial charge in [0.05, 0.1) is 17.6 Å². The zero-order chi connectivity index (χ0) is 14.5. The monoisotopic (exact) mass is 264 g/mol. The molecule has 0 fully saturated rings. The van der Waals surface area contributed by atoms with Gasteiger partial charge in [-0.05, 0) is 30.7 Å². The molecule has 0 aliphatic carbocycles. The number of anilines is 1. The van der Waals surface area contributed by atoms with Gasteiger partial charge in [0.2, 0.25) is 5.91 Å². The summed E-state index contributed by atoms with van der Waals surface area (Å²) in [5.41, 5.74) is 2.27. The number of nitrogens with zero attached hydrogens (tertiary/aromatic N) is 2. The molecule has 0 aromatic heterocycles. The van der Waals surface area contributed by atoms with Crippen LogP contribution in [0.15, 0.2) is 54.6 Å². The number of carbonyl (C=O) groups excluding carboxylic acids is 1. The Bertz CT molecular complexity index is 644. The molecule has 100 valence electrons. The van der Waals surface area contributed by atoms with Crippen molar-refractivity contribution in [1.29, 1.82) is 5.26 Å². The van der Waals surface area contributed by atoms with E-state index in [1.807, 2.05) is 43.3 Å². The second kappa shape index (κ2) is 6.03. The molecule has 0 heterocycles. The van der Waals surface area contributed by atoms with Crippen molar-refractivity contribution < 1.29 is 4.79 Å². The summed E-state index contributed by atoms with van der Waals surface area (Å²) in [5, 5.41) is 8.92. The average molecular weight is 264 g/mol. The highest BCUT2D eigenvalue weighted by molar-refractivity contribution is 5.97. The Labute approximate surface area is 119 Å². The van der Waals surface area contributed by atoms with E-state index in [1.165, 1.54) is 0 Å². The van der Waals surface area contributed by atoms with Crippen LogP contribution in [0.2, 0.25) is 0 Å². The zero-order valence-electron chi connectivity index (χ0n) is 11.6. The number of hydrogen-bond acceptors (Lipinski definition) is 2. The van der Waals surface area contributed by atoms with E-state index in [4.69, 9.17) is 5.26 Å². The van der Waals surface area contributed by atoms with Crippen molar-refractivity contribution in [2.24, 2.45) is 0 Å². The van der Waals surface area contributed by atoms with Gasteiger partial charge in [-0.1, -0.05) is 36.4 Å². The SMILES string of the molecule is CC(C(=O)N(C)c1cccc(C#N)c1)c1ccccc1. The second-order valence-electron chi connectivity index (χ2n) is 4.69. The maximum Gasteiger partial charge on any atom is 0.233 e. The Balaban J connectivity index is 2.22. The first-order valence-electron chi connectivity index (χ1n) is 6.46. The number of hydrogen-bond donors (Lipinski definition) is 0. The van der Waals surface area contributed by atoms with E-state index >= 15 is 0 Å². The van der Waals surface area contributed by atoms with Crippen molar-refractivity contribution in [3.05, 3.63) is 65.7 Å². The average Bonchev–Trinajstić information content (AvgIpc) is 2.53. The molecule has 0 saturated carbocycles. The first kappa shape index (κ1) is 13.8. The minimum atomic E-state index is -0.216. The highest BCUT2D eigenvalue weighted by Gasteiger charge is 2.20. The van der Waals surface area contributed by atoms with Crippen molar-refractivity contribution in [3.8, 4) is 6.07 Å². The lowest BCUT2D eigenvalue weighted by Gasteiger charge is -2.22. The van der Waals surface area contributed by atoms with E-state index in [0.717, 1.165) is 11.3 Å². The lowest BCUT2D eigenvalue weighted by atomic mass is 9.99. The van der Waals surface area contributed by atoms with Crippen LogP contribution in [0.5, 0.6) is 0 Å². The number of rotatable bonds is 3. The third kappa shape index (κ3) is 2.86. The van der Waals surface area contributed by atoms with Crippen LogP contribution in [0, 0.1) is 11.3 Å². The highest BCUT2D eigenvalue weighted by Crippen LogP contribution is 2.22. The van der Waals surface area contributed by atoms with E-state index in [2.05, 4.69) is 6.07 Å². The van der Waals surface area contributed by atoms with Gasteiger partial charge in [-0.15, -0.1) is 0 Å². The van der Waals surface area contributed by atoms with Gasteiger partial charge in [0.15, 0.2) is 0 Å². The smallest absolute Gasteiger partial charge is 0.233 e. The zero-order valence-corrected chi connectivity index (χ0v) is 11.6. The van der Waals surface area contributed by atoms with E-state index in [9.17, 15) is 4.79 Å². The molecule has 20 heavy (non-hydrogen) atoms. The van der Waals surface area contributed by atoms with Crippen LogP contribution in [0.3, 0.4) is 0 Å². The predicted octanol–water partition coefficient (Wildman–Crippen LogP) is 3.32. The van der Waals surface area contributed by atoms with Crippen LogP contribution in [0.4, 0.5) is 5.69 Å². The van der Waals surface area contributed by atoms with E-state index in [-0.39, 0.29) is 11.8 Å². The third-order valence-corrected chi connectivity index (χ3v) is 3.36. The summed E-state index contributed by atoms with van der Waals surface area (Å²) in [4.78, 5) is 14.1. The molecule has 0 aliphatic rings. The summed E-state index contributed by atoms with van der Waals surface area (Å²) in [7, 11) is 1.73. The molecule has 2 aromatic rings. The van der Waals surface area contributed by atoms with Gasteiger partial charge in [-0.25, -0.2) is 0 Å². The Kier molecular flexibility index (Phi) is 4.17. The lowest BCUT2D eigenvalue weighted by Crippen LogP contribution is -2.30. The van der Waals surface area contributed by atoms with E-state index in [1.54, 1.807) is 30.1 Å². The molecule has 2 aromatic carbocycles. The molecule has 0 saturated heterocycles. The van der Waals surface area contributed by atoms with Crippen LogP contribution >= 0.6 is 0 Å². The first-order chi connectivity index (χ1) is 9.63. The van der Waals surface area contributed by atoms with Gasteiger partial charge in [0, 0.05) is 12.7 Å². The maximum atomic E-state index is 12.5. The van der Waals surface area contributed by atoms with Crippen LogP contribution in [-0.2, 0) is 4.79 Å². The Morgan fingerprint density at radius 2 is 1.85 bits per heavy atom. The second-order valence-corrected chi connectivity index (χ2v) is 4.69. The van der Waals surface area contributed by atoms with Crippen molar-refractivity contribution in [1.82, 2.24) is 0 Å². The number of nitriles is 1. The van der Waals surface area contributed by atoms with Crippen LogP contribution in [0.25, 0.3) is 0 Å². The molecule has 1 unspecified atom stereocenters. The lowest BCUT2D eigenvalue weighted by molar-refractivity contribution is -0.119. The fourth-order valence-corrected chi connectivity index (χ4v) is 2.09. The van der Waals surface area contributed by atoms with Crippen LogP contribution in [-0.4, -0.2) is 13.0 Å². The summed E-state index contributed by atoms with van der Waals surface area (Å²) in [6, 6.07) is 18.8. The summed E-state index contributed by atoms with van der Waals surface area (Å²) in [5.74, 6) is -0.210. The van der Waals surface area contributed by atoms with Gasteiger partial charge >= 0.3 is 0 Å². The molecule has 0 radical (unpaired) electrons. The standard InChI is InChI=1S/C17H16N2O/c1-13(15-8-4-3-5-9-15)17(20)19(2)16-10-6-7-14(11-16)12-18/h3-11,13H,1-2H3. The quantitative estimate of drug-likeness (QED) is 0.853. The summed E-state index contributed by atoms with van der Waals surface area (Å²) < 4.78 is 0. The third-order valence-electron chi connectivity index (χ3n) is 3.36. The Morgan fingerprint density at radius 1 is 1.15 bits per heavy atom. The van der Waals surface area contributed by atoms with Crippen molar-refractivity contribution in [3.63, 3.8) is 0 Å². The first-order valence-corrected chi connectivity index (χ1v) is 6.46. The molecule has 0 N–H and O–H groups in total. The molecule has 1 amide bonds. The van der Waals surface area contributed by atoms with Gasteiger partial charge in [0.1, 0.15) is 0 Å². The molecular formula is C17H16N2O. The number of carbonyl (C=O) groups is 1. The van der Waals surface area contributed by atoms with Gasteiger partial charge in [-0.3, -0.25) is 4.79 Å². The Morgan fingerprint density at radius 3 is 2.50 bits per heavy atom. The fraction of sp³-hybridized carbons (Fsp3) is 0.176. The van der Waals surface area contributed by atoms with Crippen molar-refractivity contribution >= 4 is 11.6 Å². The van der Waals surface area contributed by atoms with Gasteiger partial charge in [0.25, 0.3) is 0 Å². The topological polar surface area (TPSA) is 44.1 Å². The molecule has 0 aliphatic heterocycles. The molecule has 2 rings (SSSR count). The fourth-order valence-electron chi connectivity index (χ4n) is 2.09. The van der Waals surface area contributed by atoms with E-state index < -0.39 is 0 Å². The summed E-state index contributed by atoms with van der Waals surface area (Å²) >= 11 is 0. The molecule has 0 bridgehead atoms. The molecule has 1 atom stereocenters. The predicted molar refractivity (Wildman–Crippen MR) is 79.4 cm³/mol. The van der Waals surface area contributed by atoms with Crippen LogP contribution < -0.4 is 4.90 Å². The van der Waals surface area contributed by atoms with Crippen molar-refractivity contribution in [2.45, 2.75) is 12.8 Å². The van der Waals surface area contributed by atoms with Gasteiger partial charge < -0.3 is 4.90 Å². The number of likely N-dealkylation sites (N-methyl/N-ethyl adjacent to an activating group) is 1. The maximum absolute atomic E-state index is 12.5. The number of benzene rings is 2. The van der Waals surface area contributed by atoms with E-state index in [0.29, 0.717) is 5.56 Å². The molecule has 3 nitrogen and oxygen atoms in total. The highest BCUT2D eigenvalue weighted by atomic mass is 16.2. The molecule has 0 spiro atoms.